The summed E-state index contributed by atoms with van der Waals surface area (Å²) in [6.07, 6.45) is 2.33. The van der Waals surface area contributed by atoms with E-state index < -0.39 is 0 Å². The second-order valence-corrected chi connectivity index (χ2v) is 3.40. The summed E-state index contributed by atoms with van der Waals surface area (Å²) in [5.41, 5.74) is 5.44. The zero-order valence-electron chi connectivity index (χ0n) is 8.06. The van der Waals surface area contributed by atoms with Crippen molar-refractivity contribution in [1.82, 2.24) is 5.32 Å². The van der Waals surface area contributed by atoms with Crippen LogP contribution >= 0.6 is 0 Å². The van der Waals surface area contributed by atoms with E-state index >= 15 is 0 Å². The van der Waals surface area contributed by atoms with Crippen molar-refractivity contribution in [2.24, 2.45) is 11.7 Å². The molecule has 0 saturated carbocycles. The van der Waals surface area contributed by atoms with Crippen molar-refractivity contribution in [3.63, 3.8) is 0 Å². The molecule has 0 aliphatic heterocycles. The number of hydrogen-bond acceptors (Lipinski definition) is 2. The van der Waals surface area contributed by atoms with Gasteiger partial charge in [-0.3, -0.25) is 0 Å². The summed E-state index contributed by atoms with van der Waals surface area (Å²) in [5, 5.41) is 3.46. The van der Waals surface area contributed by atoms with Crippen LogP contribution in [0.3, 0.4) is 0 Å². The fourth-order valence-electron chi connectivity index (χ4n) is 0.933. The minimum absolute atomic E-state index is 0.648. The first kappa shape index (κ1) is 10.9. The minimum Gasteiger partial charge on any atom is -0.330 e. The topological polar surface area (TPSA) is 38.0 Å². The summed E-state index contributed by atoms with van der Waals surface area (Å²) >= 11 is 0. The molecule has 0 heterocycles. The largest absolute Gasteiger partial charge is 0.330 e. The smallest absolute Gasteiger partial charge is 0.00362 e. The van der Waals surface area contributed by atoms with Crippen LogP contribution in [-0.2, 0) is 0 Å². The van der Waals surface area contributed by atoms with E-state index in [0.717, 1.165) is 19.5 Å². The van der Waals surface area contributed by atoms with Crippen LogP contribution in [0.25, 0.3) is 0 Å². The van der Waals surface area contributed by atoms with E-state index in [4.69, 9.17) is 5.73 Å². The molecule has 2 atom stereocenters. The molecule has 2 heteroatoms. The summed E-state index contributed by atoms with van der Waals surface area (Å²) in [6, 6.07) is 0.648. The predicted octanol–water partition coefficient (Wildman–Crippen LogP) is 1.36. The standard InChI is InChI=1S/C9H22N2/c1-4-9(3)11-7-8(2)5-6-10/h8-9,11H,4-7,10H2,1-3H3. The molecule has 0 aliphatic rings. The highest BCUT2D eigenvalue weighted by atomic mass is 14.9. The summed E-state index contributed by atoms with van der Waals surface area (Å²) < 4.78 is 0. The van der Waals surface area contributed by atoms with Crippen LogP contribution in [-0.4, -0.2) is 19.1 Å². The molecule has 0 spiro atoms. The summed E-state index contributed by atoms with van der Waals surface area (Å²) in [4.78, 5) is 0. The fourth-order valence-corrected chi connectivity index (χ4v) is 0.933. The van der Waals surface area contributed by atoms with Crippen molar-refractivity contribution < 1.29 is 0 Å². The highest BCUT2D eigenvalue weighted by molar-refractivity contribution is 4.62. The van der Waals surface area contributed by atoms with E-state index in [-0.39, 0.29) is 0 Å². The Hall–Kier alpha value is -0.0800. The molecule has 0 aromatic heterocycles. The molecule has 2 unspecified atom stereocenters. The average molecular weight is 158 g/mol. The van der Waals surface area contributed by atoms with Crippen LogP contribution in [0, 0.1) is 5.92 Å². The van der Waals surface area contributed by atoms with Gasteiger partial charge in [0.25, 0.3) is 0 Å². The third-order valence-corrected chi connectivity index (χ3v) is 2.09. The quantitative estimate of drug-likeness (QED) is 0.612. The van der Waals surface area contributed by atoms with Crippen LogP contribution < -0.4 is 11.1 Å². The van der Waals surface area contributed by atoms with Crippen molar-refractivity contribution in [2.75, 3.05) is 13.1 Å². The van der Waals surface area contributed by atoms with E-state index in [0.29, 0.717) is 12.0 Å². The van der Waals surface area contributed by atoms with Gasteiger partial charge in [-0.15, -0.1) is 0 Å². The Bertz CT molecular complexity index is 83.6. The van der Waals surface area contributed by atoms with Crippen molar-refractivity contribution in [3.05, 3.63) is 0 Å². The maximum absolute atomic E-state index is 5.44. The lowest BCUT2D eigenvalue weighted by Crippen LogP contribution is -2.30. The zero-order chi connectivity index (χ0) is 8.69. The van der Waals surface area contributed by atoms with Crippen molar-refractivity contribution in [3.8, 4) is 0 Å². The average Bonchev–Trinajstić information content (AvgIpc) is 2.01. The Labute approximate surface area is 70.5 Å². The van der Waals surface area contributed by atoms with Gasteiger partial charge in [-0.2, -0.15) is 0 Å². The van der Waals surface area contributed by atoms with Gasteiger partial charge >= 0.3 is 0 Å². The molecule has 0 aromatic rings. The Balaban J connectivity index is 3.22. The first-order valence-corrected chi connectivity index (χ1v) is 4.64. The molecule has 0 radical (unpaired) electrons. The van der Waals surface area contributed by atoms with Crippen molar-refractivity contribution in [1.29, 1.82) is 0 Å². The van der Waals surface area contributed by atoms with E-state index in [1.807, 2.05) is 0 Å². The van der Waals surface area contributed by atoms with Crippen LogP contribution in [0.4, 0.5) is 0 Å². The van der Waals surface area contributed by atoms with Gasteiger partial charge in [0.05, 0.1) is 0 Å². The van der Waals surface area contributed by atoms with Gasteiger partial charge in [0.1, 0.15) is 0 Å². The van der Waals surface area contributed by atoms with Crippen LogP contribution in [0.15, 0.2) is 0 Å². The Morgan fingerprint density at radius 3 is 2.45 bits per heavy atom. The maximum Gasteiger partial charge on any atom is 0.00362 e. The van der Waals surface area contributed by atoms with Crippen LogP contribution in [0.1, 0.15) is 33.6 Å². The summed E-state index contributed by atoms with van der Waals surface area (Å²) in [6.45, 7) is 8.57. The highest BCUT2D eigenvalue weighted by Crippen LogP contribution is 1.98. The normalized spacial score (nSPS) is 16.4. The van der Waals surface area contributed by atoms with Crippen LogP contribution in [0.5, 0.6) is 0 Å². The van der Waals surface area contributed by atoms with Gasteiger partial charge in [0, 0.05) is 6.04 Å². The number of nitrogens with one attached hydrogen (secondary N) is 1. The van der Waals surface area contributed by atoms with Gasteiger partial charge < -0.3 is 11.1 Å². The highest BCUT2D eigenvalue weighted by Gasteiger charge is 2.02. The van der Waals surface area contributed by atoms with Crippen LogP contribution in [0.2, 0.25) is 0 Å². The van der Waals surface area contributed by atoms with E-state index in [1.54, 1.807) is 0 Å². The molecule has 0 bridgehead atoms. The van der Waals surface area contributed by atoms with E-state index in [1.165, 1.54) is 6.42 Å². The SMILES string of the molecule is CCC(C)NCC(C)CCN. The predicted molar refractivity (Wildman–Crippen MR) is 50.6 cm³/mol. The van der Waals surface area contributed by atoms with Crippen molar-refractivity contribution in [2.45, 2.75) is 39.7 Å². The summed E-state index contributed by atoms with van der Waals surface area (Å²) in [7, 11) is 0. The Morgan fingerprint density at radius 1 is 1.36 bits per heavy atom. The molecule has 0 fully saturated rings. The first-order valence-electron chi connectivity index (χ1n) is 4.64. The molecule has 3 N–H and O–H groups in total. The van der Waals surface area contributed by atoms with Gasteiger partial charge in [-0.05, 0) is 38.8 Å². The molecule has 68 valence electrons. The molecular formula is C9H22N2. The number of hydrogen-bond donors (Lipinski definition) is 2. The zero-order valence-corrected chi connectivity index (χ0v) is 8.06. The molecule has 0 saturated heterocycles. The monoisotopic (exact) mass is 158 g/mol. The first-order chi connectivity index (χ1) is 5.20. The van der Waals surface area contributed by atoms with Crippen molar-refractivity contribution >= 4 is 0 Å². The van der Waals surface area contributed by atoms with E-state index in [9.17, 15) is 0 Å². The molecule has 0 aliphatic carbocycles. The Kier molecular flexibility index (Phi) is 6.57. The molecule has 2 nitrogen and oxygen atoms in total. The third-order valence-electron chi connectivity index (χ3n) is 2.09. The number of rotatable bonds is 6. The molecule has 11 heavy (non-hydrogen) atoms. The maximum atomic E-state index is 5.44. The molecular weight excluding hydrogens is 136 g/mol. The van der Waals surface area contributed by atoms with Gasteiger partial charge in [-0.1, -0.05) is 13.8 Å². The third kappa shape index (κ3) is 6.32. The lowest BCUT2D eigenvalue weighted by molar-refractivity contribution is 0.439. The second-order valence-electron chi connectivity index (χ2n) is 3.40. The fraction of sp³-hybridized carbons (Fsp3) is 1.00. The van der Waals surface area contributed by atoms with Gasteiger partial charge in [-0.25, -0.2) is 0 Å². The molecule has 0 rings (SSSR count). The summed E-state index contributed by atoms with van der Waals surface area (Å²) in [5.74, 6) is 0.717. The second kappa shape index (κ2) is 6.62. The van der Waals surface area contributed by atoms with Gasteiger partial charge in [0.2, 0.25) is 0 Å². The minimum atomic E-state index is 0.648. The van der Waals surface area contributed by atoms with E-state index in [2.05, 4.69) is 26.1 Å². The van der Waals surface area contributed by atoms with Gasteiger partial charge in [0.15, 0.2) is 0 Å². The lowest BCUT2D eigenvalue weighted by Gasteiger charge is -2.15. The number of nitrogens with two attached hydrogens (primary N) is 1. The lowest BCUT2D eigenvalue weighted by atomic mass is 10.1. The molecule has 0 aromatic carbocycles. The molecule has 0 amide bonds. The Morgan fingerprint density at radius 2 is 2.00 bits per heavy atom.